The van der Waals surface area contributed by atoms with Gasteiger partial charge in [-0.15, -0.1) is 0 Å². The third kappa shape index (κ3) is 1.44. The number of H-pyrrole nitrogens is 1. The van der Waals surface area contributed by atoms with Gasteiger partial charge in [-0.2, -0.15) is 5.26 Å². The molecule has 0 bridgehead atoms. The number of aromatic amines is 1. The fourth-order valence-electron chi connectivity index (χ4n) is 1.82. The SMILES string of the molecule is Cc1cc2c(N(C)C)ccc(C#N)c2[nH]1. The fourth-order valence-corrected chi connectivity index (χ4v) is 1.82. The van der Waals surface area contributed by atoms with Gasteiger partial charge < -0.3 is 9.88 Å². The number of nitrogens with zero attached hydrogens (tertiary/aromatic N) is 2. The van der Waals surface area contributed by atoms with Gasteiger partial charge in [0, 0.05) is 30.9 Å². The van der Waals surface area contributed by atoms with E-state index in [1.807, 2.05) is 33.2 Å². The first-order valence-electron chi connectivity index (χ1n) is 4.83. The molecule has 1 heterocycles. The summed E-state index contributed by atoms with van der Waals surface area (Å²) in [6, 6.07) is 8.11. The second kappa shape index (κ2) is 3.32. The average molecular weight is 199 g/mol. The molecule has 0 atom stereocenters. The van der Waals surface area contributed by atoms with Crippen molar-refractivity contribution < 1.29 is 0 Å². The number of anilines is 1. The second-order valence-corrected chi connectivity index (χ2v) is 3.88. The fraction of sp³-hybridized carbons (Fsp3) is 0.250. The summed E-state index contributed by atoms with van der Waals surface area (Å²) in [5, 5.41) is 10.1. The van der Waals surface area contributed by atoms with Crippen LogP contribution in [0.5, 0.6) is 0 Å². The number of nitriles is 1. The minimum absolute atomic E-state index is 0.698. The molecule has 0 unspecified atom stereocenters. The molecule has 3 heteroatoms. The Bertz CT molecular complexity index is 544. The molecule has 3 nitrogen and oxygen atoms in total. The standard InChI is InChI=1S/C12H13N3/c1-8-6-10-11(15(2)3)5-4-9(7-13)12(10)14-8/h4-6,14H,1-3H3. The van der Waals surface area contributed by atoms with Crippen LogP contribution >= 0.6 is 0 Å². The summed E-state index contributed by atoms with van der Waals surface area (Å²) < 4.78 is 0. The van der Waals surface area contributed by atoms with E-state index < -0.39 is 0 Å². The molecule has 76 valence electrons. The Morgan fingerprint density at radius 3 is 2.67 bits per heavy atom. The highest BCUT2D eigenvalue weighted by atomic mass is 15.1. The minimum atomic E-state index is 0.698. The molecule has 0 saturated heterocycles. The lowest BCUT2D eigenvalue weighted by molar-refractivity contribution is 1.14. The third-order valence-corrected chi connectivity index (χ3v) is 2.51. The third-order valence-electron chi connectivity index (χ3n) is 2.51. The van der Waals surface area contributed by atoms with E-state index in [2.05, 4.69) is 22.0 Å². The molecule has 2 rings (SSSR count). The van der Waals surface area contributed by atoms with Gasteiger partial charge in [0.2, 0.25) is 0 Å². The zero-order valence-electron chi connectivity index (χ0n) is 9.13. The molecule has 1 aromatic heterocycles. The summed E-state index contributed by atoms with van der Waals surface area (Å²) in [6.07, 6.45) is 0. The minimum Gasteiger partial charge on any atom is -0.377 e. The Morgan fingerprint density at radius 1 is 1.33 bits per heavy atom. The lowest BCUT2D eigenvalue weighted by Crippen LogP contribution is -2.08. The number of rotatable bonds is 1. The van der Waals surface area contributed by atoms with E-state index in [9.17, 15) is 0 Å². The summed E-state index contributed by atoms with van der Waals surface area (Å²) in [5.74, 6) is 0. The zero-order valence-corrected chi connectivity index (χ0v) is 9.13. The topological polar surface area (TPSA) is 42.8 Å². The summed E-state index contributed by atoms with van der Waals surface area (Å²) in [5.41, 5.74) is 3.84. The largest absolute Gasteiger partial charge is 0.377 e. The number of hydrogen-bond acceptors (Lipinski definition) is 2. The van der Waals surface area contributed by atoms with Crippen molar-refractivity contribution in [2.24, 2.45) is 0 Å². The number of fused-ring (bicyclic) bond motifs is 1. The first kappa shape index (κ1) is 9.60. The molecule has 0 amide bonds. The van der Waals surface area contributed by atoms with Crippen molar-refractivity contribution in [3.63, 3.8) is 0 Å². The molecule has 0 aliphatic rings. The van der Waals surface area contributed by atoms with Crippen LogP contribution in [0.25, 0.3) is 10.9 Å². The molecule has 2 aromatic rings. The van der Waals surface area contributed by atoms with Crippen LogP contribution in [-0.4, -0.2) is 19.1 Å². The molecule has 15 heavy (non-hydrogen) atoms. The molecule has 1 N–H and O–H groups in total. The number of benzene rings is 1. The highest BCUT2D eigenvalue weighted by molar-refractivity contribution is 5.96. The van der Waals surface area contributed by atoms with Gasteiger partial charge in [-0.3, -0.25) is 0 Å². The molecule has 1 aromatic carbocycles. The van der Waals surface area contributed by atoms with Crippen LogP contribution in [0, 0.1) is 18.3 Å². The van der Waals surface area contributed by atoms with Crippen molar-refractivity contribution in [2.45, 2.75) is 6.92 Å². The van der Waals surface area contributed by atoms with Gasteiger partial charge >= 0.3 is 0 Å². The highest BCUT2D eigenvalue weighted by Crippen LogP contribution is 2.28. The van der Waals surface area contributed by atoms with Crippen molar-refractivity contribution >= 4 is 16.6 Å². The van der Waals surface area contributed by atoms with E-state index in [4.69, 9.17) is 5.26 Å². The second-order valence-electron chi connectivity index (χ2n) is 3.88. The van der Waals surface area contributed by atoms with Crippen LogP contribution in [0.2, 0.25) is 0 Å². The van der Waals surface area contributed by atoms with Crippen molar-refractivity contribution in [3.05, 3.63) is 29.5 Å². The van der Waals surface area contributed by atoms with Gasteiger partial charge in [0.15, 0.2) is 0 Å². The quantitative estimate of drug-likeness (QED) is 0.766. The van der Waals surface area contributed by atoms with Crippen LogP contribution in [0.3, 0.4) is 0 Å². The number of aryl methyl sites for hydroxylation is 1. The maximum absolute atomic E-state index is 8.99. The molecule has 0 aliphatic heterocycles. The summed E-state index contributed by atoms with van der Waals surface area (Å²) in [7, 11) is 4.01. The van der Waals surface area contributed by atoms with Gasteiger partial charge in [-0.05, 0) is 25.1 Å². The Morgan fingerprint density at radius 2 is 2.07 bits per heavy atom. The van der Waals surface area contributed by atoms with Crippen LogP contribution < -0.4 is 4.90 Å². The molecule has 0 aliphatic carbocycles. The Labute approximate surface area is 88.9 Å². The van der Waals surface area contributed by atoms with Crippen LogP contribution in [0.1, 0.15) is 11.3 Å². The van der Waals surface area contributed by atoms with Gasteiger partial charge in [0.25, 0.3) is 0 Å². The first-order valence-corrected chi connectivity index (χ1v) is 4.83. The Hall–Kier alpha value is -1.95. The molecule has 0 radical (unpaired) electrons. The number of nitrogens with one attached hydrogen (secondary N) is 1. The lowest BCUT2D eigenvalue weighted by atomic mass is 10.1. The van der Waals surface area contributed by atoms with Gasteiger partial charge in [-0.25, -0.2) is 0 Å². The molecule has 0 spiro atoms. The predicted octanol–water partition coefficient (Wildman–Crippen LogP) is 2.41. The van der Waals surface area contributed by atoms with Crippen molar-refractivity contribution in [2.75, 3.05) is 19.0 Å². The molecular weight excluding hydrogens is 186 g/mol. The van der Waals surface area contributed by atoms with Crippen molar-refractivity contribution in [1.82, 2.24) is 4.98 Å². The molecular formula is C12H13N3. The zero-order chi connectivity index (χ0) is 11.0. The van der Waals surface area contributed by atoms with E-state index in [0.29, 0.717) is 5.56 Å². The van der Waals surface area contributed by atoms with E-state index in [1.165, 1.54) is 0 Å². The van der Waals surface area contributed by atoms with Gasteiger partial charge in [-0.1, -0.05) is 0 Å². The van der Waals surface area contributed by atoms with E-state index in [0.717, 1.165) is 22.3 Å². The first-order chi connectivity index (χ1) is 7.13. The van der Waals surface area contributed by atoms with E-state index in [1.54, 1.807) is 0 Å². The van der Waals surface area contributed by atoms with Crippen LogP contribution in [-0.2, 0) is 0 Å². The maximum Gasteiger partial charge on any atom is 0.101 e. The number of aromatic nitrogens is 1. The lowest BCUT2D eigenvalue weighted by Gasteiger charge is -2.13. The van der Waals surface area contributed by atoms with Gasteiger partial charge in [0.1, 0.15) is 6.07 Å². The maximum atomic E-state index is 8.99. The molecule has 0 saturated carbocycles. The van der Waals surface area contributed by atoms with E-state index >= 15 is 0 Å². The summed E-state index contributed by atoms with van der Waals surface area (Å²) in [6.45, 7) is 2.00. The van der Waals surface area contributed by atoms with Crippen molar-refractivity contribution in [3.8, 4) is 6.07 Å². The van der Waals surface area contributed by atoms with Crippen molar-refractivity contribution in [1.29, 1.82) is 5.26 Å². The molecule has 0 fully saturated rings. The summed E-state index contributed by atoms with van der Waals surface area (Å²) in [4.78, 5) is 5.28. The monoisotopic (exact) mass is 199 g/mol. The summed E-state index contributed by atoms with van der Waals surface area (Å²) >= 11 is 0. The number of hydrogen-bond donors (Lipinski definition) is 1. The Kier molecular flexibility index (Phi) is 2.12. The average Bonchev–Trinajstić information content (AvgIpc) is 2.56. The smallest absolute Gasteiger partial charge is 0.101 e. The van der Waals surface area contributed by atoms with E-state index in [-0.39, 0.29) is 0 Å². The van der Waals surface area contributed by atoms with Crippen LogP contribution in [0.15, 0.2) is 18.2 Å². The normalized spacial score (nSPS) is 10.3. The van der Waals surface area contributed by atoms with Crippen LogP contribution in [0.4, 0.5) is 5.69 Å². The predicted molar refractivity (Wildman–Crippen MR) is 62.1 cm³/mol. The highest BCUT2D eigenvalue weighted by Gasteiger charge is 2.09. The van der Waals surface area contributed by atoms with Gasteiger partial charge in [0.05, 0.1) is 11.1 Å². The Balaban J connectivity index is 2.84.